The van der Waals surface area contributed by atoms with E-state index in [-0.39, 0.29) is 29.4 Å². The molecule has 0 bridgehead atoms. The number of methoxy groups -OCH3 is 1. The van der Waals surface area contributed by atoms with Crippen molar-refractivity contribution in [3.05, 3.63) is 66.5 Å². The summed E-state index contributed by atoms with van der Waals surface area (Å²) in [5.41, 5.74) is 2.96. The van der Waals surface area contributed by atoms with Crippen LogP contribution in [0.2, 0.25) is 0 Å². The molecule has 2 aromatic carbocycles. The molecular weight excluding hydrogens is 432 g/mol. The normalized spacial score (nSPS) is 11.3. The standard InChI is InChI=1S/C25H28N6O3/c1-15(2)19-12-20(21(32)13-22(19)34-5)23-28-29-24(25(33)27-16(3)4)31(23)18-8-6-17(7-9-18)30-11-10-26-14-30/h6-16,32H,1-5H3,(H,27,33). The zero-order valence-corrected chi connectivity index (χ0v) is 19.9. The summed E-state index contributed by atoms with van der Waals surface area (Å²) < 4.78 is 8.99. The molecule has 176 valence electrons. The lowest BCUT2D eigenvalue weighted by Crippen LogP contribution is -2.32. The van der Waals surface area contributed by atoms with Gasteiger partial charge >= 0.3 is 0 Å². The lowest BCUT2D eigenvalue weighted by molar-refractivity contribution is 0.0930. The van der Waals surface area contributed by atoms with Crippen molar-refractivity contribution in [1.29, 1.82) is 0 Å². The number of hydrogen-bond acceptors (Lipinski definition) is 6. The second-order valence-electron chi connectivity index (χ2n) is 8.56. The first-order valence-electron chi connectivity index (χ1n) is 11.1. The van der Waals surface area contributed by atoms with Crippen molar-refractivity contribution in [3.8, 4) is 34.3 Å². The number of nitrogens with zero attached hydrogens (tertiary/aromatic N) is 5. The van der Waals surface area contributed by atoms with Gasteiger partial charge in [0.1, 0.15) is 11.5 Å². The van der Waals surface area contributed by atoms with Crippen molar-refractivity contribution < 1.29 is 14.6 Å². The number of carbonyl (C=O) groups excluding carboxylic acids is 1. The van der Waals surface area contributed by atoms with E-state index in [0.29, 0.717) is 22.8 Å². The molecule has 2 N–H and O–H groups in total. The van der Waals surface area contributed by atoms with E-state index in [2.05, 4.69) is 20.5 Å². The third kappa shape index (κ3) is 4.36. The molecule has 4 rings (SSSR count). The van der Waals surface area contributed by atoms with Gasteiger partial charge in [-0.3, -0.25) is 9.36 Å². The Morgan fingerprint density at radius 3 is 2.35 bits per heavy atom. The fourth-order valence-corrected chi connectivity index (χ4v) is 3.76. The Hall–Kier alpha value is -4.14. The Morgan fingerprint density at radius 1 is 1.06 bits per heavy atom. The summed E-state index contributed by atoms with van der Waals surface area (Å²) >= 11 is 0. The largest absolute Gasteiger partial charge is 0.507 e. The average Bonchev–Trinajstić information content (AvgIpc) is 3.49. The number of nitrogens with one attached hydrogen (secondary N) is 1. The number of amides is 1. The number of aromatic nitrogens is 5. The van der Waals surface area contributed by atoms with E-state index >= 15 is 0 Å². The van der Waals surface area contributed by atoms with Crippen LogP contribution >= 0.6 is 0 Å². The molecule has 0 saturated carbocycles. The highest BCUT2D eigenvalue weighted by atomic mass is 16.5. The van der Waals surface area contributed by atoms with Crippen molar-refractivity contribution in [1.82, 2.24) is 29.6 Å². The lowest BCUT2D eigenvalue weighted by atomic mass is 9.98. The highest BCUT2D eigenvalue weighted by molar-refractivity contribution is 5.92. The molecule has 0 unspecified atom stereocenters. The van der Waals surface area contributed by atoms with Gasteiger partial charge in [0.15, 0.2) is 5.82 Å². The van der Waals surface area contributed by atoms with Gasteiger partial charge in [0.2, 0.25) is 5.82 Å². The first-order valence-corrected chi connectivity index (χ1v) is 11.1. The number of aromatic hydroxyl groups is 1. The van der Waals surface area contributed by atoms with Gasteiger partial charge in [-0.15, -0.1) is 10.2 Å². The number of hydrogen-bond donors (Lipinski definition) is 2. The zero-order chi connectivity index (χ0) is 24.4. The molecule has 0 radical (unpaired) electrons. The molecule has 0 aliphatic rings. The summed E-state index contributed by atoms with van der Waals surface area (Å²) in [6.45, 7) is 7.84. The topological polar surface area (TPSA) is 107 Å². The molecule has 2 aromatic heterocycles. The van der Waals surface area contributed by atoms with E-state index in [0.717, 1.165) is 11.3 Å². The summed E-state index contributed by atoms with van der Waals surface area (Å²) in [5, 5.41) is 22.2. The quantitative estimate of drug-likeness (QED) is 0.430. The van der Waals surface area contributed by atoms with Crippen molar-refractivity contribution in [2.75, 3.05) is 7.11 Å². The SMILES string of the molecule is COc1cc(O)c(-c2nnc(C(=O)NC(C)C)n2-c2ccc(-n3ccnc3)cc2)cc1C(C)C. The van der Waals surface area contributed by atoms with Gasteiger partial charge in [0.25, 0.3) is 5.91 Å². The number of rotatable bonds is 7. The van der Waals surface area contributed by atoms with E-state index < -0.39 is 0 Å². The van der Waals surface area contributed by atoms with Crippen molar-refractivity contribution in [2.45, 2.75) is 39.7 Å². The minimum Gasteiger partial charge on any atom is -0.507 e. The monoisotopic (exact) mass is 460 g/mol. The fourth-order valence-electron chi connectivity index (χ4n) is 3.76. The van der Waals surface area contributed by atoms with Crippen molar-refractivity contribution >= 4 is 5.91 Å². The van der Waals surface area contributed by atoms with Crippen molar-refractivity contribution in [2.24, 2.45) is 0 Å². The molecule has 9 heteroatoms. The van der Waals surface area contributed by atoms with Crippen LogP contribution in [0.4, 0.5) is 0 Å². The predicted molar refractivity (Wildman–Crippen MR) is 129 cm³/mol. The summed E-state index contributed by atoms with van der Waals surface area (Å²) in [5.74, 6) is 0.839. The fraction of sp³-hybridized carbons (Fsp3) is 0.280. The third-order valence-corrected chi connectivity index (χ3v) is 5.41. The van der Waals surface area contributed by atoms with Gasteiger partial charge in [0, 0.05) is 35.9 Å². The lowest BCUT2D eigenvalue weighted by Gasteiger charge is -2.16. The number of benzene rings is 2. The molecule has 34 heavy (non-hydrogen) atoms. The van der Waals surface area contributed by atoms with E-state index in [1.54, 1.807) is 30.3 Å². The Bertz CT molecular complexity index is 1290. The minimum atomic E-state index is -0.357. The molecule has 2 heterocycles. The summed E-state index contributed by atoms with van der Waals surface area (Å²) in [7, 11) is 1.57. The molecule has 0 atom stereocenters. The highest BCUT2D eigenvalue weighted by Crippen LogP contribution is 2.38. The number of ether oxygens (including phenoxy) is 1. The molecule has 9 nitrogen and oxygen atoms in total. The molecule has 1 amide bonds. The molecule has 4 aromatic rings. The molecule has 0 aliphatic carbocycles. The van der Waals surface area contributed by atoms with Gasteiger partial charge in [-0.1, -0.05) is 13.8 Å². The Labute approximate surface area is 198 Å². The Kier molecular flexibility index (Phi) is 6.36. The number of carbonyl (C=O) groups is 1. The molecule has 0 spiro atoms. The molecular formula is C25H28N6O3. The number of phenolic OH excluding ortho intramolecular Hbond substituents is 1. The van der Waals surface area contributed by atoms with Crippen LogP contribution in [-0.4, -0.2) is 48.5 Å². The maximum Gasteiger partial charge on any atom is 0.289 e. The second-order valence-corrected chi connectivity index (χ2v) is 8.56. The molecule has 0 saturated heterocycles. The molecule has 0 aliphatic heterocycles. The van der Waals surface area contributed by atoms with Crippen LogP contribution in [0.5, 0.6) is 11.5 Å². The first kappa shape index (κ1) is 23.0. The predicted octanol–water partition coefficient (Wildman–Crippen LogP) is 4.10. The van der Waals surface area contributed by atoms with E-state index in [9.17, 15) is 9.90 Å². The van der Waals surface area contributed by atoms with Gasteiger partial charge in [-0.05, 0) is 55.7 Å². The second kappa shape index (κ2) is 9.38. The van der Waals surface area contributed by atoms with E-state index in [4.69, 9.17) is 4.74 Å². The van der Waals surface area contributed by atoms with E-state index in [1.807, 2.05) is 68.8 Å². The molecule has 0 fully saturated rings. The summed E-state index contributed by atoms with van der Waals surface area (Å²) in [4.78, 5) is 17.1. The van der Waals surface area contributed by atoms with Crippen LogP contribution in [-0.2, 0) is 0 Å². The van der Waals surface area contributed by atoms with Gasteiger partial charge < -0.3 is 19.7 Å². The summed E-state index contributed by atoms with van der Waals surface area (Å²) in [6, 6.07) is 10.9. The van der Waals surface area contributed by atoms with Crippen LogP contribution in [0.3, 0.4) is 0 Å². The zero-order valence-electron chi connectivity index (χ0n) is 19.9. The van der Waals surface area contributed by atoms with Crippen LogP contribution < -0.4 is 10.1 Å². The first-order chi connectivity index (χ1) is 16.3. The van der Waals surface area contributed by atoms with Crippen LogP contribution in [0.15, 0.2) is 55.1 Å². The van der Waals surface area contributed by atoms with Crippen molar-refractivity contribution in [3.63, 3.8) is 0 Å². The van der Waals surface area contributed by atoms with Gasteiger partial charge in [-0.25, -0.2) is 4.98 Å². The van der Waals surface area contributed by atoms with Crippen LogP contribution in [0.25, 0.3) is 22.8 Å². The van der Waals surface area contributed by atoms with Crippen LogP contribution in [0, 0.1) is 0 Å². The average molecular weight is 461 g/mol. The Morgan fingerprint density at radius 2 is 1.76 bits per heavy atom. The Balaban J connectivity index is 1.89. The third-order valence-electron chi connectivity index (χ3n) is 5.41. The summed E-state index contributed by atoms with van der Waals surface area (Å²) in [6.07, 6.45) is 5.27. The number of phenols is 1. The van der Waals surface area contributed by atoms with Crippen LogP contribution in [0.1, 0.15) is 49.8 Å². The maximum atomic E-state index is 13.0. The van der Waals surface area contributed by atoms with Gasteiger partial charge in [-0.2, -0.15) is 0 Å². The smallest absolute Gasteiger partial charge is 0.289 e. The number of imidazole rings is 1. The maximum absolute atomic E-state index is 13.0. The highest BCUT2D eigenvalue weighted by Gasteiger charge is 2.25. The van der Waals surface area contributed by atoms with Gasteiger partial charge in [0.05, 0.1) is 19.0 Å². The minimum absolute atomic E-state index is 0.0132. The van der Waals surface area contributed by atoms with E-state index in [1.165, 1.54) is 0 Å².